The molecule has 1 saturated carbocycles. The van der Waals surface area contributed by atoms with E-state index in [0.29, 0.717) is 19.3 Å². The molecular formula is C14H19NO3S. The van der Waals surface area contributed by atoms with Crippen molar-refractivity contribution in [3.8, 4) is 0 Å². The van der Waals surface area contributed by atoms with Gasteiger partial charge in [0.15, 0.2) is 0 Å². The highest BCUT2D eigenvalue weighted by Gasteiger charge is 2.34. The molecule has 1 aliphatic carbocycles. The third-order valence-corrected chi connectivity index (χ3v) is 4.88. The average molecular weight is 281 g/mol. The van der Waals surface area contributed by atoms with Gasteiger partial charge in [-0.05, 0) is 45.2 Å². The molecule has 0 aromatic carbocycles. The number of amides is 1. The summed E-state index contributed by atoms with van der Waals surface area (Å²) in [5, 5.41) is 11.9. The molecule has 5 heteroatoms. The summed E-state index contributed by atoms with van der Waals surface area (Å²) in [6, 6.07) is 4.06. The van der Waals surface area contributed by atoms with Crippen LogP contribution in [0.1, 0.15) is 42.0 Å². The summed E-state index contributed by atoms with van der Waals surface area (Å²) >= 11 is 1.68. The first-order valence-electron chi connectivity index (χ1n) is 6.57. The Morgan fingerprint density at radius 2 is 2.05 bits per heavy atom. The first-order chi connectivity index (χ1) is 8.97. The first-order valence-corrected chi connectivity index (χ1v) is 7.38. The van der Waals surface area contributed by atoms with Gasteiger partial charge in [-0.3, -0.25) is 9.59 Å². The van der Waals surface area contributed by atoms with Gasteiger partial charge in [0, 0.05) is 15.7 Å². The molecule has 2 rings (SSSR count). The maximum atomic E-state index is 12.1. The fraction of sp³-hybridized carbons (Fsp3) is 0.571. The molecular weight excluding hydrogens is 262 g/mol. The van der Waals surface area contributed by atoms with Crippen molar-refractivity contribution in [2.75, 3.05) is 0 Å². The third kappa shape index (κ3) is 3.35. The second-order valence-corrected chi connectivity index (χ2v) is 6.54. The predicted octanol–water partition coefficient (Wildman–Crippen LogP) is 2.73. The van der Waals surface area contributed by atoms with Gasteiger partial charge in [-0.15, -0.1) is 11.3 Å². The average Bonchev–Trinajstić information content (AvgIpc) is 2.96. The minimum atomic E-state index is -0.780. The molecule has 104 valence electrons. The van der Waals surface area contributed by atoms with E-state index in [1.165, 1.54) is 4.88 Å². The van der Waals surface area contributed by atoms with Crippen LogP contribution >= 0.6 is 11.3 Å². The Hall–Kier alpha value is -1.36. The van der Waals surface area contributed by atoms with Crippen molar-refractivity contribution < 1.29 is 14.7 Å². The van der Waals surface area contributed by atoms with Crippen LogP contribution in [0.25, 0.3) is 0 Å². The van der Waals surface area contributed by atoms with Crippen LogP contribution in [0.2, 0.25) is 0 Å². The topological polar surface area (TPSA) is 66.4 Å². The smallest absolute Gasteiger partial charge is 0.306 e. The van der Waals surface area contributed by atoms with Crippen LogP contribution in [0, 0.1) is 18.8 Å². The molecule has 19 heavy (non-hydrogen) atoms. The van der Waals surface area contributed by atoms with Gasteiger partial charge < -0.3 is 10.4 Å². The fourth-order valence-corrected chi connectivity index (χ4v) is 3.41. The normalized spacial score (nSPS) is 24.1. The van der Waals surface area contributed by atoms with Gasteiger partial charge >= 0.3 is 5.97 Å². The van der Waals surface area contributed by atoms with Crippen LogP contribution in [0.15, 0.2) is 12.1 Å². The number of aliphatic carboxylic acids is 1. The number of carboxylic acids is 1. The van der Waals surface area contributed by atoms with E-state index in [1.54, 1.807) is 11.3 Å². The molecule has 0 radical (unpaired) electrons. The number of nitrogens with one attached hydrogen (secondary N) is 1. The van der Waals surface area contributed by atoms with Crippen LogP contribution in [-0.4, -0.2) is 17.0 Å². The summed E-state index contributed by atoms with van der Waals surface area (Å²) < 4.78 is 0. The highest BCUT2D eigenvalue weighted by atomic mass is 32.1. The summed E-state index contributed by atoms with van der Waals surface area (Å²) in [5.41, 5.74) is 0. The number of thiophene rings is 1. The van der Waals surface area contributed by atoms with Crippen molar-refractivity contribution in [1.82, 2.24) is 5.32 Å². The van der Waals surface area contributed by atoms with Gasteiger partial charge in [0.1, 0.15) is 0 Å². The number of rotatable bonds is 4. The summed E-state index contributed by atoms with van der Waals surface area (Å²) in [5.74, 6) is -1.29. The van der Waals surface area contributed by atoms with E-state index in [0.717, 1.165) is 4.88 Å². The Morgan fingerprint density at radius 3 is 2.58 bits per heavy atom. The van der Waals surface area contributed by atoms with Gasteiger partial charge in [-0.1, -0.05) is 0 Å². The van der Waals surface area contributed by atoms with Crippen LogP contribution in [0.3, 0.4) is 0 Å². The number of hydrogen-bond donors (Lipinski definition) is 2. The van der Waals surface area contributed by atoms with Gasteiger partial charge in [0.25, 0.3) is 0 Å². The molecule has 1 fully saturated rings. The van der Waals surface area contributed by atoms with Crippen molar-refractivity contribution in [2.24, 2.45) is 11.8 Å². The van der Waals surface area contributed by atoms with Gasteiger partial charge in [0.05, 0.1) is 12.0 Å². The van der Waals surface area contributed by atoms with E-state index < -0.39 is 5.97 Å². The monoisotopic (exact) mass is 281 g/mol. The van der Waals surface area contributed by atoms with E-state index in [4.69, 9.17) is 5.11 Å². The molecule has 3 atom stereocenters. The molecule has 1 aliphatic rings. The lowest BCUT2D eigenvalue weighted by Gasteiger charge is -2.16. The molecule has 0 spiro atoms. The standard InChI is InChI=1S/C14H19NO3S/c1-8-3-6-12(19-8)9(2)15-13(16)10-4-5-11(7-10)14(17)18/h3,6,9-11H,4-5,7H2,1-2H3,(H,15,16)(H,17,18). The Balaban J connectivity index is 1.89. The maximum absolute atomic E-state index is 12.1. The van der Waals surface area contributed by atoms with Crippen molar-refractivity contribution >= 4 is 23.2 Å². The summed E-state index contributed by atoms with van der Waals surface area (Å²) in [4.78, 5) is 25.4. The first kappa shape index (κ1) is 14.1. The Bertz CT molecular complexity index is 483. The highest BCUT2D eigenvalue weighted by molar-refractivity contribution is 7.12. The lowest BCUT2D eigenvalue weighted by Crippen LogP contribution is -2.31. The van der Waals surface area contributed by atoms with E-state index in [2.05, 4.69) is 5.32 Å². The van der Waals surface area contributed by atoms with Crippen LogP contribution in [-0.2, 0) is 9.59 Å². The van der Waals surface area contributed by atoms with Crippen molar-refractivity contribution in [1.29, 1.82) is 0 Å². The maximum Gasteiger partial charge on any atom is 0.306 e. The Kier molecular flexibility index (Phi) is 4.24. The second kappa shape index (κ2) is 5.74. The lowest BCUT2D eigenvalue weighted by molar-refractivity contribution is -0.141. The Labute approximate surface area is 116 Å². The SMILES string of the molecule is Cc1ccc(C(C)NC(=O)C2CCC(C(=O)O)C2)s1. The molecule has 0 aliphatic heterocycles. The summed E-state index contributed by atoms with van der Waals surface area (Å²) in [6.45, 7) is 4.00. The summed E-state index contributed by atoms with van der Waals surface area (Å²) in [6.07, 6.45) is 1.76. The fourth-order valence-electron chi connectivity index (χ4n) is 2.53. The molecule has 2 N–H and O–H groups in total. The van der Waals surface area contributed by atoms with Crippen LogP contribution < -0.4 is 5.32 Å². The van der Waals surface area contributed by atoms with E-state index in [1.807, 2.05) is 26.0 Å². The van der Waals surface area contributed by atoms with E-state index in [-0.39, 0.29) is 23.8 Å². The molecule has 3 unspecified atom stereocenters. The molecule has 1 aromatic heterocycles. The van der Waals surface area contributed by atoms with E-state index in [9.17, 15) is 9.59 Å². The van der Waals surface area contributed by atoms with Gasteiger partial charge in [-0.2, -0.15) is 0 Å². The minimum Gasteiger partial charge on any atom is -0.481 e. The highest BCUT2D eigenvalue weighted by Crippen LogP contribution is 2.32. The van der Waals surface area contributed by atoms with Gasteiger partial charge in [0.2, 0.25) is 5.91 Å². The number of aryl methyl sites for hydroxylation is 1. The molecule has 4 nitrogen and oxygen atoms in total. The second-order valence-electron chi connectivity index (χ2n) is 5.22. The van der Waals surface area contributed by atoms with Crippen LogP contribution in [0.5, 0.6) is 0 Å². The molecule has 0 bridgehead atoms. The van der Waals surface area contributed by atoms with Crippen LogP contribution in [0.4, 0.5) is 0 Å². The number of hydrogen-bond acceptors (Lipinski definition) is 3. The van der Waals surface area contributed by atoms with Crippen molar-refractivity contribution in [2.45, 2.75) is 39.2 Å². The summed E-state index contributed by atoms with van der Waals surface area (Å²) in [7, 11) is 0. The van der Waals surface area contributed by atoms with Gasteiger partial charge in [-0.25, -0.2) is 0 Å². The molecule has 1 amide bonds. The quantitative estimate of drug-likeness (QED) is 0.891. The largest absolute Gasteiger partial charge is 0.481 e. The zero-order valence-corrected chi connectivity index (χ0v) is 12.0. The number of carboxylic acid groups (broad SMARTS) is 1. The minimum absolute atomic E-state index is 0.00456. The van der Waals surface area contributed by atoms with Crippen molar-refractivity contribution in [3.05, 3.63) is 21.9 Å². The molecule has 1 heterocycles. The zero-order chi connectivity index (χ0) is 14.0. The number of carbonyl (C=O) groups is 2. The Morgan fingerprint density at radius 1 is 1.37 bits per heavy atom. The zero-order valence-electron chi connectivity index (χ0n) is 11.2. The molecule has 1 aromatic rings. The predicted molar refractivity (Wildman–Crippen MR) is 74.1 cm³/mol. The van der Waals surface area contributed by atoms with Crippen molar-refractivity contribution in [3.63, 3.8) is 0 Å². The van der Waals surface area contributed by atoms with E-state index >= 15 is 0 Å². The lowest BCUT2D eigenvalue weighted by atomic mass is 10.0. The third-order valence-electron chi connectivity index (χ3n) is 3.70. The molecule has 0 saturated heterocycles. The number of carbonyl (C=O) groups excluding carboxylic acids is 1.